The van der Waals surface area contributed by atoms with Crippen LogP contribution in [-0.4, -0.2) is 11.8 Å². The van der Waals surface area contributed by atoms with Crippen molar-refractivity contribution in [3.8, 4) is 0 Å². The SMILES string of the molecule is CSc1cccc(F)c1CC(C)(C)N. The molecular formula is C11H16FNS. The quantitative estimate of drug-likeness (QED) is 0.781. The fourth-order valence-electron chi connectivity index (χ4n) is 1.36. The van der Waals surface area contributed by atoms with Gasteiger partial charge in [0.2, 0.25) is 0 Å². The van der Waals surface area contributed by atoms with Crippen LogP contribution in [0.15, 0.2) is 23.1 Å². The molecule has 1 aromatic carbocycles. The first-order valence-electron chi connectivity index (χ1n) is 4.54. The molecule has 0 atom stereocenters. The highest BCUT2D eigenvalue weighted by Gasteiger charge is 2.17. The van der Waals surface area contributed by atoms with Crippen LogP contribution in [0.2, 0.25) is 0 Å². The average Bonchev–Trinajstić information content (AvgIpc) is 2.06. The van der Waals surface area contributed by atoms with Gasteiger partial charge in [-0.05, 0) is 38.7 Å². The van der Waals surface area contributed by atoms with Gasteiger partial charge in [0.15, 0.2) is 0 Å². The monoisotopic (exact) mass is 213 g/mol. The summed E-state index contributed by atoms with van der Waals surface area (Å²) >= 11 is 1.55. The van der Waals surface area contributed by atoms with Gasteiger partial charge in [0.1, 0.15) is 5.82 Å². The lowest BCUT2D eigenvalue weighted by Gasteiger charge is -2.20. The van der Waals surface area contributed by atoms with Crippen LogP contribution >= 0.6 is 11.8 Å². The van der Waals surface area contributed by atoms with Crippen LogP contribution in [0.25, 0.3) is 0 Å². The molecule has 0 spiro atoms. The molecule has 0 heterocycles. The highest BCUT2D eigenvalue weighted by Crippen LogP contribution is 2.25. The van der Waals surface area contributed by atoms with Crippen molar-refractivity contribution in [1.82, 2.24) is 0 Å². The van der Waals surface area contributed by atoms with Crippen LogP contribution in [0, 0.1) is 5.82 Å². The third kappa shape index (κ3) is 3.00. The van der Waals surface area contributed by atoms with Gasteiger partial charge in [0.25, 0.3) is 0 Å². The van der Waals surface area contributed by atoms with E-state index in [0.29, 0.717) is 6.42 Å². The normalized spacial score (nSPS) is 11.8. The second-order valence-corrected chi connectivity index (χ2v) is 4.93. The van der Waals surface area contributed by atoms with E-state index in [0.717, 1.165) is 10.5 Å². The summed E-state index contributed by atoms with van der Waals surface area (Å²) in [6.07, 6.45) is 2.51. The zero-order valence-electron chi connectivity index (χ0n) is 8.80. The fraction of sp³-hybridized carbons (Fsp3) is 0.455. The zero-order chi connectivity index (χ0) is 10.8. The van der Waals surface area contributed by atoms with Crippen LogP contribution < -0.4 is 5.73 Å². The van der Waals surface area contributed by atoms with Gasteiger partial charge in [-0.3, -0.25) is 0 Å². The number of halogens is 1. The molecule has 0 aliphatic rings. The topological polar surface area (TPSA) is 26.0 Å². The van der Waals surface area contributed by atoms with Gasteiger partial charge >= 0.3 is 0 Å². The summed E-state index contributed by atoms with van der Waals surface area (Å²) in [7, 11) is 0. The number of hydrogen-bond donors (Lipinski definition) is 1. The first-order valence-corrected chi connectivity index (χ1v) is 5.77. The minimum absolute atomic E-state index is 0.157. The lowest BCUT2D eigenvalue weighted by molar-refractivity contribution is 0.491. The minimum atomic E-state index is -0.368. The smallest absolute Gasteiger partial charge is 0.127 e. The van der Waals surface area contributed by atoms with E-state index in [9.17, 15) is 4.39 Å². The van der Waals surface area contributed by atoms with Crippen molar-refractivity contribution < 1.29 is 4.39 Å². The molecule has 0 saturated heterocycles. The second-order valence-electron chi connectivity index (χ2n) is 4.09. The van der Waals surface area contributed by atoms with Crippen LogP contribution in [-0.2, 0) is 6.42 Å². The van der Waals surface area contributed by atoms with E-state index in [1.54, 1.807) is 17.8 Å². The maximum atomic E-state index is 13.5. The molecule has 2 N–H and O–H groups in total. The predicted octanol–water partition coefficient (Wildman–Crippen LogP) is 2.83. The minimum Gasteiger partial charge on any atom is -0.325 e. The summed E-state index contributed by atoms with van der Waals surface area (Å²) in [5.74, 6) is -0.157. The molecule has 0 fully saturated rings. The van der Waals surface area contributed by atoms with Crippen molar-refractivity contribution in [2.24, 2.45) is 5.73 Å². The summed E-state index contributed by atoms with van der Waals surface area (Å²) in [6, 6.07) is 5.14. The molecular weight excluding hydrogens is 197 g/mol. The van der Waals surface area contributed by atoms with Gasteiger partial charge in [-0.1, -0.05) is 6.07 Å². The van der Waals surface area contributed by atoms with Crippen molar-refractivity contribution in [3.05, 3.63) is 29.6 Å². The fourth-order valence-corrected chi connectivity index (χ4v) is 1.99. The Morgan fingerprint density at radius 1 is 1.43 bits per heavy atom. The summed E-state index contributed by atoms with van der Waals surface area (Å²) < 4.78 is 13.5. The van der Waals surface area contributed by atoms with Gasteiger partial charge < -0.3 is 5.73 Å². The van der Waals surface area contributed by atoms with Crippen LogP contribution in [0.1, 0.15) is 19.4 Å². The lowest BCUT2D eigenvalue weighted by Crippen LogP contribution is -2.35. The van der Waals surface area contributed by atoms with Gasteiger partial charge in [-0.2, -0.15) is 0 Å². The first kappa shape index (κ1) is 11.5. The van der Waals surface area contributed by atoms with E-state index in [2.05, 4.69) is 0 Å². The second kappa shape index (κ2) is 4.32. The molecule has 0 aromatic heterocycles. The van der Waals surface area contributed by atoms with Gasteiger partial charge in [0.05, 0.1) is 0 Å². The van der Waals surface area contributed by atoms with Crippen molar-refractivity contribution in [3.63, 3.8) is 0 Å². The molecule has 0 bridgehead atoms. The predicted molar refractivity (Wildman–Crippen MR) is 60.2 cm³/mol. The summed E-state index contributed by atoms with van der Waals surface area (Å²) in [6.45, 7) is 3.81. The number of thioether (sulfide) groups is 1. The Morgan fingerprint density at radius 2 is 2.07 bits per heavy atom. The molecule has 78 valence electrons. The van der Waals surface area contributed by atoms with E-state index in [-0.39, 0.29) is 11.4 Å². The highest BCUT2D eigenvalue weighted by atomic mass is 32.2. The lowest BCUT2D eigenvalue weighted by atomic mass is 9.96. The van der Waals surface area contributed by atoms with Crippen molar-refractivity contribution >= 4 is 11.8 Å². The Balaban J connectivity index is 3.05. The summed E-state index contributed by atoms with van der Waals surface area (Å²) in [5, 5.41) is 0. The molecule has 0 aliphatic heterocycles. The van der Waals surface area contributed by atoms with Crippen molar-refractivity contribution in [2.45, 2.75) is 30.7 Å². The van der Waals surface area contributed by atoms with Gasteiger partial charge in [0, 0.05) is 16.0 Å². The molecule has 14 heavy (non-hydrogen) atoms. The first-order chi connectivity index (χ1) is 6.44. The summed E-state index contributed by atoms with van der Waals surface area (Å²) in [5.41, 5.74) is 6.24. The Labute approximate surface area is 88.9 Å². The van der Waals surface area contributed by atoms with Crippen LogP contribution in [0.4, 0.5) is 4.39 Å². The van der Waals surface area contributed by atoms with Crippen LogP contribution in [0.5, 0.6) is 0 Å². The molecule has 1 aromatic rings. The molecule has 0 amide bonds. The van der Waals surface area contributed by atoms with Crippen molar-refractivity contribution in [1.29, 1.82) is 0 Å². The zero-order valence-corrected chi connectivity index (χ0v) is 9.62. The number of hydrogen-bond acceptors (Lipinski definition) is 2. The Hall–Kier alpha value is -0.540. The van der Waals surface area contributed by atoms with E-state index in [4.69, 9.17) is 5.73 Å². The Bertz CT molecular complexity index is 318. The van der Waals surface area contributed by atoms with Crippen molar-refractivity contribution in [2.75, 3.05) is 6.26 Å². The van der Waals surface area contributed by atoms with Gasteiger partial charge in [-0.15, -0.1) is 11.8 Å². The average molecular weight is 213 g/mol. The highest BCUT2D eigenvalue weighted by molar-refractivity contribution is 7.98. The molecule has 0 radical (unpaired) electrons. The number of benzene rings is 1. The number of nitrogens with two attached hydrogens (primary N) is 1. The molecule has 3 heteroatoms. The standard InChI is InChI=1S/C11H16FNS/c1-11(2,13)7-8-9(12)5-4-6-10(8)14-3/h4-6H,7,13H2,1-3H3. The third-order valence-corrected chi connectivity index (χ3v) is 2.75. The van der Waals surface area contributed by atoms with Crippen LogP contribution in [0.3, 0.4) is 0 Å². The Morgan fingerprint density at radius 3 is 2.57 bits per heavy atom. The van der Waals surface area contributed by atoms with E-state index < -0.39 is 0 Å². The van der Waals surface area contributed by atoms with E-state index in [1.807, 2.05) is 26.2 Å². The molecule has 1 nitrogen and oxygen atoms in total. The number of rotatable bonds is 3. The molecule has 0 aliphatic carbocycles. The Kier molecular flexibility index (Phi) is 3.56. The summed E-state index contributed by atoms with van der Waals surface area (Å²) in [4.78, 5) is 0.975. The molecule has 0 unspecified atom stereocenters. The largest absolute Gasteiger partial charge is 0.325 e. The van der Waals surface area contributed by atoms with E-state index in [1.165, 1.54) is 6.07 Å². The maximum Gasteiger partial charge on any atom is 0.127 e. The van der Waals surface area contributed by atoms with E-state index >= 15 is 0 Å². The van der Waals surface area contributed by atoms with Gasteiger partial charge in [-0.25, -0.2) is 4.39 Å². The third-order valence-electron chi connectivity index (χ3n) is 1.93. The maximum absolute atomic E-state index is 13.5. The molecule has 1 rings (SSSR count). The molecule has 0 saturated carbocycles.